The third-order valence-electron chi connectivity index (χ3n) is 4.59. The lowest BCUT2D eigenvalue weighted by atomic mass is 10.1. The van der Waals surface area contributed by atoms with Crippen molar-refractivity contribution in [3.05, 3.63) is 54.4 Å². The van der Waals surface area contributed by atoms with Crippen LogP contribution in [-0.4, -0.2) is 61.1 Å². The Bertz CT molecular complexity index is 1070. The zero-order chi connectivity index (χ0) is 27.4. The number of hydrogen-bond donors (Lipinski definition) is 2. The van der Waals surface area contributed by atoms with Crippen LogP contribution < -0.4 is 15.4 Å². The van der Waals surface area contributed by atoms with E-state index < -0.39 is 41.9 Å². The molecule has 0 aliphatic carbocycles. The lowest BCUT2D eigenvalue weighted by Gasteiger charge is -2.25. The summed E-state index contributed by atoms with van der Waals surface area (Å²) in [5.74, 6) is -1.69. The number of pyridine rings is 1. The average Bonchev–Trinajstić information content (AvgIpc) is 2.86. The zero-order valence-corrected chi connectivity index (χ0v) is 21.3. The van der Waals surface area contributed by atoms with Gasteiger partial charge in [-0.1, -0.05) is 30.3 Å². The third kappa shape index (κ3) is 10.0. The van der Waals surface area contributed by atoms with Crippen LogP contribution in [0.5, 0.6) is 5.75 Å². The van der Waals surface area contributed by atoms with Crippen LogP contribution in [0.4, 0.5) is 15.3 Å². The van der Waals surface area contributed by atoms with E-state index in [2.05, 4.69) is 15.6 Å². The van der Waals surface area contributed by atoms with Crippen LogP contribution in [0.2, 0.25) is 0 Å². The number of methoxy groups -OCH3 is 2. The fourth-order valence-corrected chi connectivity index (χ4v) is 2.94. The number of benzene rings is 1. The van der Waals surface area contributed by atoms with Crippen molar-refractivity contribution < 1.29 is 42.9 Å². The van der Waals surface area contributed by atoms with Crippen molar-refractivity contribution in [2.75, 3.05) is 19.5 Å². The number of aromatic nitrogens is 1. The van der Waals surface area contributed by atoms with Gasteiger partial charge in [0.05, 0.1) is 26.1 Å². The lowest BCUT2D eigenvalue weighted by molar-refractivity contribution is -0.151. The van der Waals surface area contributed by atoms with E-state index in [-0.39, 0.29) is 24.5 Å². The molecule has 1 aromatic carbocycles. The molecule has 0 aliphatic rings. The molecule has 0 fully saturated rings. The number of alkyl carbamates (subject to hydrolysis) is 1. The molecule has 2 N–H and O–H groups in total. The summed E-state index contributed by atoms with van der Waals surface area (Å²) in [7, 11) is 2.26. The van der Waals surface area contributed by atoms with Crippen molar-refractivity contribution in [3.63, 3.8) is 0 Å². The number of rotatable bonds is 10. The molecule has 12 nitrogen and oxygen atoms in total. The minimum absolute atomic E-state index is 0.00422. The molecule has 0 saturated carbocycles. The molecule has 0 radical (unpaired) electrons. The Labute approximate surface area is 214 Å². The summed E-state index contributed by atoms with van der Waals surface area (Å²) < 4.78 is 25.7. The Morgan fingerprint density at radius 3 is 2.24 bits per heavy atom. The van der Waals surface area contributed by atoms with Gasteiger partial charge in [-0.2, -0.15) is 0 Å². The maximum absolute atomic E-state index is 12.5. The van der Waals surface area contributed by atoms with Crippen LogP contribution in [0.3, 0.4) is 0 Å². The highest BCUT2D eigenvalue weighted by Gasteiger charge is 2.33. The van der Waals surface area contributed by atoms with Gasteiger partial charge in [0.15, 0.2) is 11.9 Å². The highest BCUT2D eigenvalue weighted by molar-refractivity contribution is 5.87. The monoisotopic (exact) mass is 517 g/mol. The van der Waals surface area contributed by atoms with Crippen molar-refractivity contribution in [3.8, 4) is 5.75 Å². The van der Waals surface area contributed by atoms with Crippen molar-refractivity contribution in [1.82, 2.24) is 10.3 Å². The van der Waals surface area contributed by atoms with Crippen LogP contribution in [0.15, 0.2) is 48.8 Å². The number of nitrogens with one attached hydrogen (secondary N) is 2. The first-order valence-electron chi connectivity index (χ1n) is 11.3. The molecule has 0 spiro atoms. The van der Waals surface area contributed by atoms with Crippen LogP contribution in [0, 0.1) is 0 Å². The maximum Gasteiger partial charge on any atom is 0.412 e. The van der Waals surface area contributed by atoms with E-state index in [1.165, 1.54) is 18.5 Å². The van der Waals surface area contributed by atoms with E-state index >= 15 is 0 Å². The molecule has 0 saturated heterocycles. The van der Waals surface area contributed by atoms with Crippen molar-refractivity contribution in [2.45, 2.75) is 51.5 Å². The van der Waals surface area contributed by atoms with Gasteiger partial charge in [-0.15, -0.1) is 0 Å². The second-order valence-corrected chi connectivity index (χ2v) is 8.65. The quantitative estimate of drug-likeness (QED) is 0.355. The van der Waals surface area contributed by atoms with Gasteiger partial charge in [-0.05, 0) is 32.4 Å². The number of esters is 2. The summed E-state index contributed by atoms with van der Waals surface area (Å²) in [6.45, 7) is 5.00. The summed E-state index contributed by atoms with van der Waals surface area (Å²) in [5, 5.41) is 4.90. The Hall–Kier alpha value is -4.35. The molecule has 0 aliphatic heterocycles. The van der Waals surface area contributed by atoms with E-state index in [4.69, 9.17) is 23.7 Å². The van der Waals surface area contributed by atoms with Gasteiger partial charge in [0.1, 0.15) is 18.2 Å². The van der Waals surface area contributed by atoms with Crippen LogP contribution in [0.25, 0.3) is 0 Å². The summed E-state index contributed by atoms with van der Waals surface area (Å²) in [6.07, 6.45) is -0.768. The van der Waals surface area contributed by atoms with Gasteiger partial charge in [0.2, 0.25) is 0 Å². The fraction of sp³-hybridized carbons (Fsp3) is 0.400. The van der Waals surface area contributed by atoms with Gasteiger partial charge in [0, 0.05) is 12.6 Å². The first-order valence-corrected chi connectivity index (χ1v) is 11.3. The molecule has 2 amide bonds. The first kappa shape index (κ1) is 28.9. The Kier molecular flexibility index (Phi) is 10.7. The van der Waals surface area contributed by atoms with Crippen LogP contribution in [0.1, 0.15) is 32.8 Å². The number of hydrogen-bond acceptors (Lipinski definition) is 10. The van der Waals surface area contributed by atoms with Crippen molar-refractivity contribution in [1.29, 1.82) is 0 Å². The molecule has 12 heteroatoms. The van der Waals surface area contributed by atoms with Gasteiger partial charge in [0.25, 0.3) is 0 Å². The summed E-state index contributed by atoms with van der Waals surface area (Å²) in [6, 6.07) is 9.21. The summed E-state index contributed by atoms with van der Waals surface area (Å²) in [4.78, 5) is 53.3. The minimum atomic E-state index is -1.39. The fourth-order valence-electron chi connectivity index (χ4n) is 2.94. The number of carbonyl (C=O) groups is 4. The highest BCUT2D eigenvalue weighted by atomic mass is 16.6. The van der Waals surface area contributed by atoms with Crippen LogP contribution in [-0.2, 0) is 35.1 Å². The number of nitrogens with zero attached hydrogens (tertiary/aromatic N) is 1. The maximum atomic E-state index is 12.5. The predicted octanol–water partition coefficient (Wildman–Crippen LogP) is 3.21. The number of ether oxygens (including phenoxy) is 5. The highest BCUT2D eigenvalue weighted by Crippen LogP contribution is 2.25. The molecular weight excluding hydrogens is 486 g/mol. The Balaban J connectivity index is 2.15. The second-order valence-electron chi connectivity index (χ2n) is 8.65. The Morgan fingerprint density at radius 1 is 0.946 bits per heavy atom. The van der Waals surface area contributed by atoms with Gasteiger partial charge in [-0.3, -0.25) is 10.3 Å². The molecule has 37 heavy (non-hydrogen) atoms. The van der Waals surface area contributed by atoms with Crippen molar-refractivity contribution in [2.24, 2.45) is 0 Å². The lowest BCUT2D eigenvalue weighted by Crippen LogP contribution is -2.47. The average molecular weight is 518 g/mol. The molecule has 2 rings (SSSR count). The molecule has 0 bridgehead atoms. The molecule has 200 valence electrons. The smallest absolute Gasteiger partial charge is 0.412 e. The Morgan fingerprint density at radius 2 is 1.62 bits per heavy atom. The van der Waals surface area contributed by atoms with E-state index in [1.807, 2.05) is 18.2 Å². The molecule has 1 aromatic heterocycles. The van der Waals surface area contributed by atoms with Gasteiger partial charge >= 0.3 is 24.1 Å². The number of carbonyl (C=O) groups excluding carboxylic acids is 4. The van der Waals surface area contributed by atoms with Crippen LogP contribution >= 0.6 is 0 Å². The topological polar surface area (TPSA) is 151 Å². The van der Waals surface area contributed by atoms with E-state index in [1.54, 1.807) is 32.9 Å². The van der Waals surface area contributed by atoms with Gasteiger partial charge < -0.3 is 29.0 Å². The largest absolute Gasteiger partial charge is 0.475 e. The molecule has 2 aromatic rings. The minimum Gasteiger partial charge on any atom is -0.475 e. The van der Waals surface area contributed by atoms with E-state index in [0.29, 0.717) is 0 Å². The third-order valence-corrected chi connectivity index (χ3v) is 4.59. The molecule has 1 heterocycles. The normalized spacial score (nSPS) is 12.4. The first-order chi connectivity index (χ1) is 17.5. The number of anilines is 1. The van der Waals surface area contributed by atoms with E-state index in [0.717, 1.165) is 19.8 Å². The number of amides is 2. The predicted molar refractivity (Wildman–Crippen MR) is 131 cm³/mol. The zero-order valence-electron chi connectivity index (χ0n) is 21.3. The van der Waals surface area contributed by atoms with Crippen molar-refractivity contribution >= 4 is 29.8 Å². The molecule has 0 unspecified atom stereocenters. The molecular formula is C25H31N3O9. The standard InChI is InChI=1S/C25H31N3O9/c1-25(2,3)37-24(32)28-18(21(29)33-4)13-19(22(30)34-5)36-20-14-26-12-11-17(20)27-23(31)35-15-16-9-7-6-8-10-16/h6-12,14,18-19H,13,15H2,1-5H3,(H,28,32)(H,26,27,31)/t18-,19-/m0/s1. The van der Waals surface area contributed by atoms with Gasteiger partial charge in [-0.25, -0.2) is 19.2 Å². The molecule has 2 atom stereocenters. The second kappa shape index (κ2) is 13.7. The van der Waals surface area contributed by atoms with E-state index in [9.17, 15) is 19.2 Å². The summed E-state index contributed by atoms with van der Waals surface area (Å²) in [5.41, 5.74) is 0.117. The summed E-state index contributed by atoms with van der Waals surface area (Å²) >= 11 is 0. The SMILES string of the molecule is COC(=O)[C@H](C[C@H](Oc1cnccc1NC(=O)OCc1ccccc1)C(=O)OC)NC(=O)OC(C)(C)C.